The molecule has 2 aliphatic rings. The maximum atomic E-state index is 12.5. The molecule has 2 saturated heterocycles. The highest BCUT2D eigenvalue weighted by Gasteiger charge is 2.33. The predicted molar refractivity (Wildman–Crippen MR) is 81.7 cm³/mol. The third-order valence-electron chi connectivity index (χ3n) is 4.41. The Labute approximate surface area is 128 Å². The van der Waals surface area contributed by atoms with Gasteiger partial charge in [0.05, 0.1) is 19.1 Å². The van der Waals surface area contributed by atoms with Gasteiger partial charge >= 0.3 is 0 Å². The van der Waals surface area contributed by atoms with Crippen LogP contribution >= 0.6 is 0 Å². The summed E-state index contributed by atoms with van der Waals surface area (Å²) in [6, 6.07) is 8.36. The Balaban J connectivity index is 1.46. The molecule has 0 radical (unpaired) electrons. The van der Waals surface area contributed by atoms with Crippen LogP contribution in [0.15, 0.2) is 28.7 Å². The number of oxazole rings is 1. The lowest BCUT2D eigenvalue weighted by Crippen LogP contribution is -2.44. The number of nitrogens with zero attached hydrogens (tertiary/aromatic N) is 3. The zero-order valence-electron chi connectivity index (χ0n) is 12.4. The lowest BCUT2D eigenvalue weighted by molar-refractivity contribution is -0.138. The summed E-state index contributed by atoms with van der Waals surface area (Å²) in [6.07, 6.45) is 0.856. The molecule has 0 bridgehead atoms. The van der Waals surface area contributed by atoms with Gasteiger partial charge in [-0.1, -0.05) is 12.1 Å². The van der Waals surface area contributed by atoms with E-state index in [1.165, 1.54) is 0 Å². The molecule has 1 aromatic carbocycles. The number of ether oxygens (including phenoxy) is 1. The number of amides is 1. The average Bonchev–Trinajstić information content (AvgIpc) is 3.21. The zero-order valence-corrected chi connectivity index (χ0v) is 12.4. The molecule has 1 atom stereocenters. The van der Waals surface area contributed by atoms with E-state index in [1.54, 1.807) is 0 Å². The molecule has 0 N–H and O–H groups in total. The van der Waals surface area contributed by atoms with Crippen molar-refractivity contribution in [2.24, 2.45) is 5.92 Å². The van der Waals surface area contributed by atoms with Gasteiger partial charge in [-0.05, 0) is 18.6 Å². The number of morpholine rings is 1. The van der Waals surface area contributed by atoms with Crippen LogP contribution in [0.4, 0.5) is 6.01 Å². The molecule has 4 rings (SSSR count). The Bertz CT molecular complexity index is 645. The predicted octanol–water partition coefficient (Wildman–Crippen LogP) is 1.51. The third-order valence-corrected chi connectivity index (χ3v) is 4.41. The number of carbonyl (C=O) groups excluding carboxylic acids is 1. The zero-order chi connectivity index (χ0) is 14.9. The van der Waals surface area contributed by atoms with Gasteiger partial charge < -0.3 is 19.0 Å². The Morgan fingerprint density at radius 3 is 2.82 bits per heavy atom. The number of benzene rings is 1. The van der Waals surface area contributed by atoms with Gasteiger partial charge in [0.15, 0.2) is 5.58 Å². The summed E-state index contributed by atoms with van der Waals surface area (Å²) in [5, 5.41) is 0. The van der Waals surface area contributed by atoms with Crippen LogP contribution in [-0.2, 0) is 9.53 Å². The van der Waals surface area contributed by atoms with Crippen LogP contribution in [0.1, 0.15) is 6.42 Å². The summed E-state index contributed by atoms with van der Waals surface area (Å²) >= 11 is 0. The number of aromatic nitrogens is 1. The first-order valence-corrected chi connectivity index (χ1v) is 7.78. The van der Waals surface area contributed by atoms with E-state index >= 15 is 0 Å². The molecule has 1 unspecified atom stereocenters. The van der Waals surface area contributed by atoms with Gasteiger partial charge in [0, 0.05) is 26.2 Å². The third kappa shape index (κ3) is 2.43. The van der Waals surface area contributed by atoms with Crippen molar-refractivity contribution in [3.05, 3.63) is 24.3 Å². The topological polar surface area (TPSA) is 58.8 Å². The highest BCUT2D eigenvalue weighted by atomic mass is 16.5. The molecule has 2 aliphatic heterocycles. The summed E-state index contributed by atoms with van der Waals surface area (Å²) in [4.78, 5) is 21.1. The minimum absolute atomic E-state index is 0.0353. The van der Waals surface area contributed by atoms with Crippen molar-refractivity contribution < 1.29 is 13.9 Å². The van der Waals surface area contributed by atoms with Gasteiger partial charge in [0.2, 0.25) is 5.91 Å². The first kappa shape index (κ1) is 13.6. The van der Waals surface area contributed by atoms with Crippen molar-refractivity contribution in [1.29, 1.82) is 0 Å². The van der Waals surface area contributed by atoms with Crippen LogP contribution in [0.25, 0.3) is 11.1 Å². The fraction of sp³-hybridized carbons (Fsp3) is 0.500. The molecule has 2 fully saturated rings. The molecule has 22 heavy (non-hydrogen) atoms. The van der Waals surface area contributed by atoms with Crippen LogP contribution < -0.4 is 4.90 Å². The van der Waals surface area contributed by atoms with E-state index in [1.807, 2.05) is 29.2 Å². The summed E-state index contributed by atoms with van der Waals surface area (Å²) in [7, 11) is 0. The van der Waals surface area contributed by atoms with Crippen LogP contribution in [-0.4, -0.2) is 55.2 Å². The number of fused-ring (bicyclic) bond motifs is 1. The smallest absolute Gasteiger partial charge is 0.298 e. The molecule has 116 valence electrons. The highest BCUT2D eigenvalue weighted by Crippen LogP contribution is 2.27. The first-order valence-electron chi connectivity index (χ1n) is 7.78. The minimum atomic E-state index is 0.0353. The number of hydrogen-bond acceptors (Lipinski definition) is 5. The second-order valence-corrected chi connectivity index (χ2v) is 5.83. The number of carbonyl (C=O) groups is 1. The molecule has 0 aliphatic carbocycles. The van der Waals surface area contributed by atoms with Crippen molar-refractivity contribution >= 4 is 23.0 Å². The number of hydrogen-bond donors (Lipinski definition) is 0. The fourth-order valence-electron chi connectivity index (χ4n) is 3.17. The Morgan fingerprint density at radius 1 is 1.18 bits per heavy atom. The molecule has 1 amide bonds. The molecule has 0 saturated carbocycles. The van der Waals surface area contributed by atoms with E-state index in [0.717, 1.165) is 24.1 Å². The van der Waals surface area contributed by atoms with E-state index in [-0.39, 0.29) is 11.8 Å². The minimum Gasteiger partial charge on any atom is -0.423 e. The van der Waals surface area contributed by atoms with Crippen LogP contribution in [0.5, 0.6) is 0 Å². The standard InChI is InChI=1S/C16H19N3O3/c20-15(18-7-9-21-10-8-18)12-5-6-19(11-12)16-17-13-3-1-2-4-14(13)22-16/h1-4,12H,5-11H2. The van der Waals surface area contributed by atoms with Crippen molar-refractivity contribution in [3.8, 4) is 0 Å². The van der Waals surface area contributed by atoms with E-state index < -0.39 is 0 Å². The van der Waals surface area contributed by atoms with Gasteiger partial charge in [-0.3, -0.25) is 4.79 Å². The molecular formula is C16H19N3O3. The van der Waals surface area contributed by atoms with E-state index in [0.29, 0.717) is 38.9 Å². The van der Waals surface area contributed by atoms with E-state index in [9.17, 15) is 4.79 Å². The monoisotopic (exact) mass is 301 g/mol. The average molecular weight is 301 g/mol. The molecule has 1 aromatic heterocycles. The van der Waals surface area contributed by atoms with Crippen LogP contribution in [0.2, 0.25) is 0 Å². The van der Waals surface area contributed by atoms with Crippen molar-refractivity contribution in [2.75, 3.05) is 44.3 Å². The quantitative estimate of drug-likeness (QED) is 0.841. The maximum absolute atomic E-state index is 12.5. The summed E-state index contributed by atoms with van der Waals surface area (Å²) in [5.41, 5.74) is 1.65. The number of rotatable bonds is 2. The second-order valence-electron chi connectivity index (χ2n) is 5.83. The van der Waals surface area contributed by atoms with Crippen LogP contribution in [0.3, 0.4) is 0 Å². The van der Waals surface area contributed by atoms with Gasteiger partial charge in [0.1, 0.15) is 5.52 Å². The van der Waals surface area contributed by atoms with Gasteiger partial charge in [-0.15, -0.1) is 0 Å². The van der Waals surface area contributed by atoms with Gasteiger partial charge in [0.25, 0.3) is 6.01 Å². The van der Waals surface area contributed by atoms with E-state index in [2.05, 4.69) is 9.88 Å². The SMILES string of the molecule is O=C(C1CCN(c2nc3ccccc3o2)C1)N1CCOCC1. The van der Waals surface area contributed by atoms with Gasteiger partial charge in [-0.2, -0.15) is 4.98 Å². The Kier molecular flexibility index (Phi) is 3.46. The summed E-state index contributed by atoms with van der Waals surface area (Å²) in [6.45, 7) is 4.20. The maximum Gasteiger partial charge on any atom is 0.298 e. The lowest BCUT2D eigenvalue weighted by Gasteiger charge is -2.29. The number of para-hydroxylation sites is 2. The number of anilines is 1. The molecule has 2 aromatic rings. The Hall–Kier alpha value is -2.08. The highest BCUT2D eigenvalue weighted by molar-refractivity contribution is 5.80. The van der Waals surface area contributed by atoms with Crippen molar-refractivity contribution in [2.45, 2.75) is 6.42 Å². The second kappa shape index (κ2) is 5.61. The Morgan fingerprint density at radius 2 is 2.00 bits per heavy atom. The molecule has 3 heterocycles. The first-order chi connectivity index (χ1) is 10.8. The molecule has 0 spiro atoms. The van der Waals surface area contributed by atoms with Gasteiger partial charge in [-0.25, -0.2) is 0 Å². The largest absolute Gasteiger partial charge is 0.423 e. The van der Waals surface area contributed by atoms with Crippen molar-refractivity contribution in [1.82, 2.24) is 9.88 Å². The normalized spacial score (nSPS) is 22.5. The molecule has 6 heteroatoms. The van der Waals surface area contributed by atoms with Crippen LogP contribution in [0, 0.1) is 5.92 Å². The summed E-state index contributed by atoms with van der Waals surface area (Å²) < 4.78 is 11.1. The lowest BCUT2D eigenvalue weighted by atomic mass is 10.1. The fourth-order valence-corrected chi connectivity index (χ4v) is 3.17. The van der Waals surface area contributed by atoms with Crippen molar-refractivity contribution in [3.63, 3.8) is 0 Å². The molecular weight excluding hydrogens is 282 g/mol. The summed E-state index contributed by atoms with van der Waals surface area (Å²) in [5.74, 6) is 0.273. The molecule has 6 nitrogen and oxygen atoms in total. The van der Waals surface area contributed by atoms with E-state index in [4.69, 9.17) is 9.15 Å².